The van der Waals surface area contributed by atoms with Crippen molar-refractivity contribution in [2.24, 2.45) is 0 Å². The van der Waals surface area contributed by atoms with Crippen LogP contribution < -0.4 is 44.5 Å². The maximum Gasteiger partial charge on any atom is 1.00 e. The van der Waals surface area contributed by atoms with E-state index in [-0.39, 0.29) is 29.6 Å². The first-order chi connectivity index (χ1) is 8.19. The van der Waals surface area contributed by atoms with Gasteiger partial charge in [-0.3, -0.25) is 10.0 Å². The molecule has 0 radical (unpaired) electrons. The van der Waals surface area contributed by atoms with Crippen molar-refractivity contribution < 1.29 is 49.0 Å². The summed E-state index contributed by atoms with van der Waals surface area (Å²) in [6, 6.07) is 5.28. The van der Waals surface area contributed by atoms with Gasteiger partial charge in [-0.15, -0.1) is 11.3 Å². The predicted molar refractivity (Wildman–Crippen MR) is 64.2 cm³/mol. The van der Waals surface area contributed by atoms with E-state index < -0.39 is 5.91 Å². The molecule has 2 aromatic rings. The summed E-state index contributed by atoms with van der Waals surface area (Å²) in [6.45, 7) is 0. The van der Waals surface area contributed by atoms with Crippen molar-refractivity contribution in [1.82, 2.24) is 5.48 Å². The molecule has 1 aromatic carbocycles. The molecule has 90 valence electrons. The third-order valence-corrected chi connectivity index (χ3v) is 3.44. The zero-order chi connectivity index (χ0) is 12.4. The predicted octanol–water partition coefficient (Wildman–Crippen LogP) is -0.958. The minimum atomic E-state index is -0.524. The molecule has 2 N–H and O–H groups in total. The number of benzene rings is 1. The number of hydroxylamine groups is 1. The average Bonchev–Trinajstić information content (AvgIpc) is 2.78. The molecule has 0 saturated carbocycles. The summed E-state index contributed by atoms with van der Waals surface area (Å²) in [4.78, 5) is 11.7. The maximum absolute atomic E-state index is 11.3. The Morgan fingerprint density at radius 2 is 1.83 bits per heavy atom. The summed E-state index contributed by atoms with van der Waals surface area (Å²) in [5, 5.41) is 9.44. The molecule has 0 bridgehead atoms. The molecule has 1 aromatic heterocycles. The fraction of sp³-hybridized carbons (Fsp3) is 0.182. The van der Waals surface area contributed by atoms with Crippen molar-refractivity contribution in [3.05, 3.63) is 23.1 Å². The minimum Gasteiger partial charge on any atom is -0.493 e. The summed E-state index contributed by atoms with van der Waals surface area (Å²) in [5.41, 5.74) is 1.61. The van der Waals surface area contributed by atoms with E-state index in [9.17, 15) is 4.79 Å². The molecule has 0 atom stereocenters. The zero-order valence-electron chi connectivity index (χ0n) is 10.3. The number of hydrogen-bond donors (Lipinski definition) is 2. The standard InChI is InChI=1S/C11H11NO4S.Na/c1-15-7-3-6-4-10(11(13)12-14)17-9(6)5-8(7)16-2;/h3-5,14H,1-2H3,(H,12,13);/q;+1. The third kappa shape index (κ3) is 2.78. The number of carbonyl (C=O) groups is 1. The van der Waals surface area contributed by atoms with Crippen molar-refractivity contribution in [3.8, 4) is 11.5 Å². The van der Waals surface area contributed by atoms with E-state index in [1.165, 1.54) is 11.3 Å². The average molecular weight is 276 g/mol. The van der Waals surface area contributed by atoms with Gasteiger partial charge in [0.05, 0.1) is 19.1 Å². The van der Waals surface area contributed by atoms with E-state index in [0.717, 1.165) is 10.1 Å². The Bertz CT molecular complexity index is 528. The van der Waals surface area contributed by atoms with Gasteiger partial charge in [-0.2, -0.15) is 0 Å². The molecule has 0 aliphatic heterocycles. The van der Waals surface area contributed by atoms with Gasteiger partial charge in [0.15, 0.2) is 11.5 Å². The fourth-order valence-corrected chi connectivity index (χ4v) is 2.50. The first-order valence-electron chi connectivity index (χ1n) is 4.79. The van der Waals surface area contributed by atoms with Gasteiger partial charge in [0, 0.05) is 10.8 Å². The number of carbonyl (C=O) groups excluding carboxylic acids is 1. The van der Waals surface area contributed by atoms with E-state index in [0.29, 0.717) is 16.4 Å². The summed E-state index contributed by atoms with van der Waals surface area (Å²) in [6.07, 6.45) is 0. The number of nitrogens with one attached hydrogen (secondary N) is 1. The molecule has 1 amide bonds. The number of methoxy groups -OCH3 is 2. The van der Waals surface area contributed by atoms with Crippen LogP contribution >= 0.6 is 11.3 Å². The number of ether oxygens (including phenoxy) is 2. The first-order valence-corrected chi connectivity index (χ1v) is 5.61. The van der Waals surface area contributed by atoms with Crippen LogP contribution in [0.1, 0.15) is 9.67 Å². The minimum absolute atomic E-state index is 0. The van der Waals surface area contributed by atoms with Gasteiger partial charge in [-0.05, 0) is 17.5 Å². The van der Waals surface area contributed by atoms with Crippen molar-refractivity contribution in [2.75, 3.05) is 14.2 Å². The van der Waals surface area contributed by atoms with Gasteiger partial charge >= 0.3 is 29.6 Å². The summed E-state index contributed by atoms with van der Waals surface area (Å²) >= 11 is 1.27. The molecule has 0 aliphatic carbocycles. The Morgan fingerprint density at radius 3 is 2.39 bits per heavy atom. The van der Waals surface area contributed by atoms with Crippen LogP contribution in [0.3, 0.4) is 0 Å². The second-order valence-corrected chi connectivity index (χ2v) is 4.38. The summed E-state index contributed by atoms with van der Waals surface area (Å²) < 4.78 is 11.2. The van der Waals surface area contributed by atoms with Gasteiger partial charge < -0.3 is 9.47 Å². The van der Waals surface area contributed by atoms with Crippen LogP contribution in [0.15, 0.2) is 18.2 Å². The van der Waals surface area contributed by atoms with Crippen LogP contribution in [0.25, 0.3) is 10.1 Å². The summed E-state index contributed by atoms with van der Waals surface area (Å²) in [7, 11) is 3.11. The molecule has 0 unspecified atom stereocenters. The Balaban J connectivity index is 0.00000162. The third-order valence-electron chi connectivity index (χ3n) is 2.35. The molecule has 2 rings (SSSR count). The Morgan fingerprint density at radius 1 is 1.22 bits per heavy atom. The maximum atomic E-state index is 11.3. The Kier molecular flexibility index (Phi) is 5.43. The van der Waals surface area contributed by atoms with E-state index in [1.54, 1.807) is 37.9 Å². The summed E-state index contributed by atoms with van der Waals surface area (Å²) in [5.74, 6) is 0.690. The Labute approximate surface area is 130 Å². The molecule has 1 heterocycles. The molecule has 0 fully saturated rings. The van der Waals surface area contributed by atoms with Gasteiger partial charge in [-0.1, -0.05) is 0 Å². The molecule has 0 spiro atoms. The second-order valence-electron chi connectivity index (χ2n) is 3.30. The van der Waals surface area contributed by atoms with Gasteiger partial charge in [0.1, 0.15) is 0 Å². The van der Waals surface area contributed by atoms with E-state index in [1.807, 2.05) is 0 Å². The number of thiophene rings is 1. The van der Waals surface area contributed by atoms with Crippen LogP contribution in [-0.4, -0.2) is 25.3 Å². The largest absolute Gasteiger partial charge is 1.00 e. The monoisotopic (exact) mass is 276 g/mol. The first kappa shape index (κ1) is 15.3. The molecule has 0 aliphatic rings. The van der Waals surface area contributed by atoms with Crippen molar-refractivity contribution in [1.29, 1.82) is 0 Å². The van der Waals surface area contributed by atoms with Gasteiger partial charge in [0.2, 0.25) is 0 Å². The van der Waals surface area contributed by atoms with E-state index in [2.05, 4.69) is 0 Å². The SMILES string of the molecule is COc1cc2cc(C(=O)NO)sc2cc1OC.[Na+]. The molecule has 0 saturated heterocycles. The van der Waals surface area contributed by atoms with Crippen LogP contribution in [0.5, 0.6) is 11.5 Å². The zero-order valence-corrected chi connectivity index (χ0v) is 13.1. The smallest absolute Gasteiger partial charge is 0.493 e. The van der Waals surface area contributed by atoms with Crippen LogP contribution in [0.4, 0.5) is 0 Å². The normalized spacial score (nSPS) is 9.72. The van der Waals surface area contributed by atoms with Crippen LogP contribution in [0.2, 0.25) is 0 Å². The van der Waals surface area contributed by atoms with Gasteiger partial charge in [0.25, 0.3) is 5.91 Å². The fourth-order valence-electron chi connectivity index (χ4n) is 1.53. The molecular weight excluding hydrogens is 265 g/mol. The Hall–Kier alpha value is -0.790. The number of rotatable bonds is 3. The van der Waals surface area contributed by atoms with Crippen molar-refractivity contribution in [3.63, 3.8) is 0 Å². The van der Waals surface area contributed by atoms with Crippen LogP contribution in [0, 0.1) is 0 Å². The number of amides is 1. The molecule has 18 heavy (non-hydrogen) atoms. The van der Waals surface area contributed by atoms with Gasteiger partial charge in [-0.25, -0.2) is 5.48 Å². The molecular formula is C11H11NNaO4S+. The van der Waals surface area contributed by atoms with E-state index >= 15 is 0 Å². The van der Waals surface area contributed by atoms with Crippen molar-refractivity contribution in [2.45, 2.75) is 0 Å². The number of fused-ring (bicyclic) bond motifs is 1. The molecule has 7 heteroatoms. The van der Waals surface area contributed by atoms with Crippen LogP contribution in [-0.2, 0) is 0 Å². The quantitative estimate of drug-likeness (QED) is 0.430. The van der Waals surface area contributed by atoms with E-state index in [4.69, 9.17) is 14.7 Å². The second kappa shape index (κ2) is 6.40. The molecule has 5 nitrogen and oxygen atoms in total. The topological polar surface area (TPSA) is 67.8 Å². The van der Waals surface area contributed by atoms with Crippen molar-refractivity contribution >= 4 is 27.3 Å². The number of hydrogen-bond acceptors (Lipinski definition) is 5.